The molecule has 2 aromatic carbocycles. The largest absolute Gasteiger partial charge is 0.325 e. The van der Waals surface area contributed by atoms with E-state index < -0.39 is 0 Å². The summed E-state index contributed by atoms with van der Waals surface area (Å²) in [6, 6.07) is 15.4. The number of fused-ring (bicyclic) bond motifs is 1. The molecule has 0 atom stereocenters. The van der Waals surface area contributed by atoms with Crippen molar-refractivity contribution in [3.8, 4) is 0 Å². The number of anilines is 1. The lowest BCUT2D eigenvalue weighted by Gasteiger charge is -2.08. The van der Waals surface area contributed by atoms with E-state index in [0.717, 1.165) is 21.4 Å². The third kappa shape index (κ3) is 3.84. The van der Waals surface area contributed by atoms with Crippen molar-refractivity contribution in [2.45, 2.75) is 11.8 Å². The van der Waals surface area contributed by atoms with Crippen LogP contribution in [0.15, 0.2) is 59.6 Å². The minimum Gasteiger partial charge on any atom is -0.325 e. The van der Waals surface area contributed by atoms with Crippen LogP contribution in [0, 0.1) is 6.92 Å². The maximum Gasteiger partial charge on any atom is 0.234 e. The highest BCUT2D eigenvalue weighted by atomic mass is 35.5. The number of pyridine rings is 1. The van der Waals surface area contributed by atoms with Crippen molar-refractivity contribution in [3.05, 3.63) is 65.3 Å². The molecule has 0 radical (unpaired) electrons. The van der Waals surface area contributed by atoms with Gasteiger partial charge in [0.05, 0.1) is 11.3 Å². The Morgan fingerprint density at radius 3 is 2.87 bits per heavy atom. The van der Waals surface area contributed by atoms with Crippen molar-refractivity contribution in [3.63, 3.8) is 0 Å². The molecule has 0 saturated carbocycles. The van der Waals surface area contributed by atoms with Crippen molar-refractivity contribution < 1.29 is 4.79 Å². The predicted molar refractivity (Wildman–Crippen MR) is 97.3 cm³/mol. The van der Waals surface area contributed by atoms with Crippen LogP contribution in [0.2, 0.25) is 5.02 Å². The fourth-order valence-corrected chi connectivity index (χ4v) is 3.23. The molecule has 0 aliphatic heterocycles. The second kappa shape index (κ2) is 7.02. The number of aryl methyl sites for hydroxylation is 1. The normalized spacial score (nSPS) is 10.7. The number of benzene rings is 2. The molecule has 0 fully saturated rings. The smallest absolute Gasteiger partial charge is 0.234 e. The van der Waals surface area contributed by atoms with Crippen molar-refractivity contribution >= 4 is 45.9 Å². The molecule has 1 aromatic heterocycles. The molecule has 1 N–H and O–H groups in total. The van der Waals surface area contributed by atoms with Gasteiger partial charge in [-0.2, -0.15) is 0 Å². The molecular formula is C18H15ClN2OS. The maximum atomic E-state index is 12.1. The first-order chi connectivity index (χ1) is 11.1. The Labute approximate surface area is 144 Å². The van der Waals surface area contributed by atoms with Gasteiger partial charge in [0.25, 0.3) is 0 Å². The summed E-state index contributed by atoms with van der Waals surface area (Å²) in [6.45, 7) is 1.93. The van der Waals surface area contributed by atoms with Gasteiger partial charge < -0.3 is 5.32 Å². The van der Waals surface area contributed by atoms with Gasteiger partial charge in [-0.25, -0.2) is 0 Å². The summed E-state index contributed by atoms with van der Waals surface area (Å²) in [6.07, 6.45) is 1.76. The van der Waals surface area contributed by atoms with Crippen molar-refractivity contribution in [1.82, 2.24) is 4.98 Å². The van der Waals surface area contributed by atoms with Gasteiger partial charge >= 0.3 is 0 Å². The molecule has 0 saturated heterocycles. The topological polar surface area (TPSA) is 42.0 Å². The molecule has 1 amide bonds. The number of nitrogens with zero attached hydrogens (tertiary/aromatic N) is 1. The molecule has 3 aromatic rings. The van der Waals surface area contributed by atoms with Gasteiger partial charge in [0.2, 0.25) is 5.91 Å². The summed E-state index contributed by atoms with van der Waals surface area (Å²) >= 11 is 7.55. The average Bonchev–Trinajstić information content (AvgIpc) is 2.56. The minimum absolute atomic E-state index is 0.0668. The van der Waals surface area contributed by atoms with Crippen LogP contribution in [0.1, 0.15) is 5.56 Å². The van der Waals surface area contributed by atoms with E-state index >= 15 is 0 Å². The Morgan fingerprint density at radius 1 is 1.22 bits per heavy atom. The van der Waals surface area contributed by atoms with Gasteiger partial charge in [-0.05, 0) is 36.8 Å². The molecule has 5 heteroatoms. The number of nitrogens with one attached hydrogen (secondary N) is 1. The quantitative estimate of drug-likeness (QED) is 0.684. The Hall–Kier alpha value is -2.04. The SMILES string of the molecule is Cc1ccc(NC(=O)CSc2cccc3cccnc23)cc1Cl. The summed E-state index contributed by atoms with van der Waals surface area (Å²) in [7, 11) is 0. The number of halogens is 1. The van der Waals surface area contributed by atoms with E-state index in [0.29, 0.717) is 16.5 Å². The molecule has 0 bridgehead atoms. The standard InChI is InChI=1S/C18H15ClN2OS/c1-12-7-8-14(10-15(12)19)21-17(22)11-23-16-6-2-4-13-5-3-9-20-18(13)16/h2-10H,11H2,1H3,(H,21,22). The van der Waals surface area contributed by atoms with Crippen molar-refractivity contribution in [1.29, 1.82) is 0 Å². The molecule has 0 aliphatic carbocycles. The Balaban J connectivity index is 1.67. The highest BCUT2D eigenvalue weighted by Gasteiger charge is 2.07. The fraction of sp³-hybridized carbons (Fsp3) is 0.111. The number of thioether (sulfide) groups is 1. The number of hydrogen-bond donors (Lipinski definition) is 1. The van der Waals surface area contributed by atoms with E-state index in [4.69, 9.17) is 11.6 Å². The lowest BCUT2D eigenvalue weighted by molar-refractivity contribution is -0.113. The molecule has 1 heterocycles. The minimum atomic E-state index is -0.0668. The van der Waals surface area contributed by atoms with E-state index in [2.05, 4.69) is 10.3 Å². The van der Waals surface area contributed by atoms with Gasteiger partial charge in [0.1, 0.15) is 0 Å². The monoisotopic (exact) mass is 342 g/mol. The summed E-state index contributed by atoms with van der Waals surface area (Å²) < 4.78 is 0. The third-order valence-electron chi connectivity index (χ3n) is 3.41. The number of carbonyl (C=O) groups excluding carboxylic acids is 1. The molecule has 0 unspecified atom stereocenters. The van der Waals surface area contributed by atoms with Crippen LogP contribution >= 0.6 is 23.4 Å². The van der Waals surface area contributed by atoms with Crippen molar-refractivity contribution in [2.24, 2.45) is 0 Å². The molecular weight excluding hydrogens is 328 g/mol. The van der Waals surface area contributed by atoms with Gasteiger partial charge in [-0.3, -0.25) is 9.78 Å². The van der Waals surface area contributed by atoms with Gasteiger partial charge in [-0.1, -0.05) is 35.9 Å². The summed E-state index contributed by atoms with van der Waals surface area (Å²) in [5.41, 5.74) is 2.62. The summed E-state index contributed by atoms with van der Waals surface area (Å²) in [4.78, 5) is 17.5. The van der Waals surface area contributed by atoms with Crippen LogP contribution in [-0.4, -0.2) is 16.6 Å². The molecule has 3 rings (SSSR count). The third-order valence-corrected chi connectivity index (χ3v) is 4.86. The second-order valence-electron chi connectivity index (χ2n) is 5.13. The van der Waals surface area contributed by atoms with E-state index in [1.165, 1.54) is 11.8 Å². The van der Waals surface area contributed by atoms with Crippen LogP contribution < -0.4 is 5.32 Å². The highest BCUT2D eigenvalue weighted by Crippen LogP contribution is 2.26. The van der Waals surface area contributed by atoms with Gasteiger partial charge in [0, 0.05) is 27.2 Å². The highest BCUT2D eigenvalue weighted by molar-refractivity contribution is 8.00. The van der Waals surface area contributed by atoms with Crippen LogP contribution in [0.25, 0.3) is 10.9 Å². The van der Waals surface area contributed by atoms with E-state index in [-0.39, 0.29) is 5.91 Å². The van der Waals surface area contributed by atoms with Gasteiger partial charge in [0.15, 0.2) is 0 Å². The first-order valence-electron chi connectivity index (χ1n) is 7.16. The number of hydrogen-bond acceptors (Lipinski definition) is 3. The van der Waals surface area contributed by atoms with E-state index in [1.807, 2.05) is 49.4 Å². The maximum absolute atomic E-state index is 12.1. The zero-order chi connectivity index (χ0) is 16.2. The van der Waals surface area contributed by atoms with Crippen LogP contribution in [0.4, 0.5) is 5.69 Å². The lowest BCUT2D eigenvalue weighted by atomic mass is 10.2. The number of para-hydroxylation sites is 1. The fourth-order valence-electron chi connectivity index (χ4n) is 2.20. The second-order valence-corrected chi connectivity index (χ2v) is 6.56. The number of carbonyl (C=O) groups is 1. The first kappa shape index (κ1) is 15.8. The Morgan fingerprint density at radius 2 is 2.04 bits per heavy atom. The molecule has 3 nitrogen and oxygen atoms in total. The zero-order valence-electron chi connectivity index (χ0n) is 12.5. The van der Waals surface area contributed by atoms with Crippen molar-refractivity contribution in [2.75, 3.05) is 11.1 Å². The van der Waals surface area contributed by atoms with E-state index in [1.54, 1.807) is 12.3 Å². The molecule has 116 valence electrons. The molecule has 0 spiro atoms. The first-order valence-corrected chi connectivity index (χ1v) is 8.52. The Bertz CT molecular complexity index is 861. The van der Waals surface area contributed by atoms with E-state index in [9.17, 15) is 4.79 Å². The number of aromatic nitrogens is 1. The Kier molecular flexibility index (Phi) is 4.84. The van der Waals surface area contributed by atoms with Crippen LogP contribution in [0.5, 0.6) is 0 Å². The molecule has 0 aliphatic rings. The summed E-state index contributed by atoms with van der Waals surface area (Å²) in [5.74, 6) is 0.254. The van der Waals surface area contributed by atoms with Crippen LogP contribution in [-0.2, 0) is 4.79 Å². The van der Waals surface area contributed by atoms with Gasteiger partial charge in [-0.15, -0.1) is 11.8 Å². The zero-order valence-corrected chi connectivity index (χ0v) is 14.1. The number of rotatable bonds is 4. The number of amides is 1. The average molecular weight is 343 g/mol. The van der Waals surface area contributed by atoms with Crippen LogP contribution in [0.3, 0.4) is 0 Å². The molecule has 23 heavy (non-hydrogen) atoms. The predicted octanol–water partition coefficient (Wildman–Crippen LogP) is 4.93. The lowest BCUT2D eigenvalue weighted by Crippen LogP contribution is -2.14. The summed E-state index contributed by atoms with van der Waals surface area (Å²) in [5, 5.41) is 4.58.